The third-order valence-electron chi connectivity index (χ3n) is 2.82. The second kappa shape index (κ2) is 6.14. The second-order valence-corrected chi connectivity index (χ2v) is 5.54. The molecule has 0 aliphatic carbocycles. The van der Waals surface area contributed by atoms with Gasteiger partial charge in [0, 0.05) is 29.6 Å². The SMILES string of the molecule is C[C@H](NCc1ccc([N+](=O)[O-])cc1Cl)c1cccs1. The number of hydrogen-bond acceptors (Lipinski definition) is 4. The van der Waals surface area contributed by atoms with Crippen LogP contribution in [0.25, 0.3) is 0 Å². The molecule has 0 aliphatic heterocycles. The van der Waals surface area contributed by atoms with E-state index < -0.39 is 4.92 Å². The predicted octanol–water partition coefficient (Wildman–Crippen LogP) is 4.16. The summed E-state index contributed by atoms with van der Waals surface area (Å²) in [5.74, 6) is 0. The largest absolute Gasteiger partial charge is 0.305 e. The average molecular weight is 297 g/mol. The fraction of sp³-hybridized carbons (Fsp3) is 0.231. The third kappa shape index (κ3) is 3.53. The Balaban J connectivity index is 2.02. The summed E-state index contributed by atoms with van der Waals surface area (Å²) in [6, 6.07) is 8.85. The quantitative estimate of drug-likeness (QED) is 0.666. The van der Waals surface area contributed by atoms with Gasteiger partial charge < -0.3 is 5.32 Å². The molecule has 0 spiro atoms. The lowest BCUT2D eigenvalue weighted by molar-refractivity contribution is -0.384. The minimum Gasteiger partial charge on any atom is -0.305 e. The molecule has 1 aromatic heterocycles. The van der Waals surface area contributed by atoms with Crippen molar-refractivity contribution in [2.45, 2.75) is 19.5 Å². The molecule has 2 rings (SSSR count). The third-order valence-corrected chi connectivity index (χ3v) is 4.22. The van der Waals surface area contributed by atoms with E-state index in [4.69, 9.17) is 11.6 Å². The van der Waals surface area contributed by atoms with E-state index in [1.165, 1.54) is 17.0 Å². The molecule has 0 bridgehead atoms. The number of hydrogen-bond donors (Lipinski definition) is 1. The van der Waals surface area contributed by atoms with E-state index in [1.54, 1.807) is 17.4 Å². The van der Waals surface area contributed by atoms with Gasteiger partial charge >= 0.3 is 0 Å². The molecule has 0 saturated carbocycles. The Labute approximate surface area is 120 Å². The summed E-state index contributed by atoms with van der Waals surface area (Å²) >= 11 is 7.73. The molecule has 1 heterocycles. The summed E-state index contributed by atoms with van der Waals surface area (Å²) in [4.78, 5) is 11.4. The molecule has 0 radical (unpaired) electrons. The predicted molar refractivity (Wildman–Crippen MR) is 77.7 cm³/mol. The van der Waals surface area contributed by atoms with E-state index in [-0.39, 0.29) is 11.7 Å². The summed E-state index contributed by atoms with van der Waals surface area (Å²) in [5.41, 5.74) is 0.871. The van der Waals surface area contributed by atoms with Gasteiger partial charge in [0.2, 0.25) is 0 Å². The van der Waals surface area contributed by atoms with Crippen LogP contribution in [0.3, 0.4) is 0 Å². The Hall–Kier alpha value is -1.43. The Morgan fingerprint density at radius 2 is 2.26 bits per heavy atom. The summed E-state index contributed by atoms with van der Waals surface area (Å²) in [7, 11) is 0. The van der Waals surface area contributed by atoms with Gasteiger partial charge in [0.15, 0.2) is 0 Å². The highest BCUT2D eigenvalue weighted by Gasteiger charge is 2.11. The smallest absolute Gasteiger partial charge is 0.270 e. The zero-order valence-electron chi connectivity index (χ0n) is 10.3. The van der Waals surface area contributed by atoms with Crippen LogP contribution in [-0.2, 0) is 6.54 Å². The molecule has 4 nitrogen and oxygen atoms in total. The summed E-state index contributed by atoms with van der Waals surface area (Å²) < 4.78 is 0. The second-order valence-electron chi connectivity index (χ2n) is 4.15. The van der Waals surface area contributed by atoms with Gasteiger partial charge in [-0.2, -0.15) is 0 Å². The van der Waals surface area contributed by atoms with Crippen molar-refractivity contribution in [3.05, 3.63) is 61.3 Å². The molecule has 1 aromatic carbocycles. The van der Waals surface area contributed by atoms with Crippen molar-refractivity contribution in [1.82, 2.24) is 5.32 Å². The molecule has 0 fully saturated rings. The van der Waals surface area contributed by atoms with E-state index in [2.05, 4.69) is 18.3 Å². The molecule has 1 N–H and O–H groups in total. The first-order valence-electron chi connectivity index (χ1n) is 5.77. The minimum absolute atomic E-state index is 0.0139. The van der Waals surface area contributed by atoms with Gasteiger partial charge in [-0.15, -0.1) is 11.3 Å². The van der Waals surface area contributed by atoms with Crippen LogP contribution in [0.5, 0.6) is 0 Å². The number of non-ortho nitro benzene ring substituents is 1. The van der Waals surface area contributed by atoms with Gasteiger partial charge in [-0.1, -0.05) is 17.7 Å². The first kappa shape index (κ1) is 14.0. The zero-order valence-corrected chi connectivity index (χ0v) is 11.9. The van der Waals surface area contributed by atoms with Crippen LogP contribution >= 0.6 is 22.9 Å². The van der Waals surface area contributed by atoms with Crippen molar-refractivity contribution in [2.75, 3.05) is 0 Å². The van der Waals surface area contributed by atoms with Crippen LogP contribution in [0.2, 0.25) is 5.02 Å². The number of nitro groups is 1. The Morgan fingerprint density at radius 3 is 2.84 bits per heavy atom. The van der Waals surface area contributed by atoms with E-state index in [9.17, 15) is 10.1 Å². The number of nitrogens with zero attached hydrogens (tertiary/aromatic N) is 1. The van der Waals surface area contributed by atoms with E-state index in [1.807, 2.05) is 11.4 Å². The highest BCUT2D eigenvalue weighted by molar-refractivity contribution is 7.10. The van der Waals surface area contributed by atoms with E-state index >= 15 is 0 Å². The van der Waals surface area contributed by atoms with E-state index in [0.29, 0.717) is 11.6 Å². The topological polar surface area (TPSA) is 55.2 Å². The van der Waals surface area contributed by atoms with Crippen LogP contribution in [0.15, 0.2) is 35.7 Å². The molecule has 0 saturated heterocycles. The fourth-order valence-electron chi connectivity index (χ4n) is 1.69. The molecule has 19 heavy (non-hydrogen) atoms. The molecule has 6 heteroatoms. The molecule has 2 aromatic rings. The summed E-state index contributed by atoms with van der Waals surface area (Å²) in [5, 5.41) is 16.4. The van der Waals surface area contributed by atoms with Crippen molar-refractivity contribution in [2.24, 2.45) is 0 Å². The number of benzene rings is 1. The Morgan fingerprint density at radius 1 is 1.47 bits per heavy atom. The van der Waals surface area contributed by atoms with Crippen molar-refractivity contribution >= 4 is 28.6 Å². The maximum atomic E-state index is 10.6. The fourth-order valence-corrected chi connectivity index (χ4v) is 2.69. The van der Waals surface area contributed by atoms with Crippen LogP contribution < -0.4 is 5.32 Å². The highest BCUT2D eigenvalue weighted by Crippen LogP contribution is 2.24. The summed E-state index contributed by atoms with van der Waals surface area (Å²) in [6.45, 7) is 2.65. The van der Waals surface area contributed by atoms with Gasteiger partial charge in [0.25, 0.3) is 5.69 Å². The van der Waals surface area contributed by atoms with Gasteiger partial charge in [-0.3, -0.25) is 10.1 Å². The molecule has 1 atom stereocenters. The van der Waals surface area contributed by atoms with Gasteiger partial charge in [0.1, 0.15) is 0 Å². The van der Waals surface area contributed by atoms with Crippen molar-refractivity contribution in [3.8, 4) is 0 Å². The molecular weight excluding hydrogens is 284 g/mol. The number of rotatable bonds is 5. The van der Waals surface area contributed by atoms with Crippen LogP contribution in [0.4, 0.5) is 5.69 Å². The number of thiophene rings is 1. The van der Waals surface area contributed by atoms with E-state index in [0.717, 1.165) is 5.56 Å². The minimum atomic E-state index is -0.447. The average Bonchev–Trinajstić information content (AvgIpc) is 2.90. The van der Waals surface area contributed by atoms with Crippen molar-refractivity contribution in [1.29, 1.82) is 0 Å². The van der Waals surface area contributed by atoms with Gasteiger partial charge in [0.05, 0.1) is 9.95 Å². The molecule has 0 aliphatic rings. The standard InChI is InChI=1S/C13H13ClN2O2S/c1-9(13-3-2-6-19-13)15-8-10-4-5-11(16(17)18)7-12(10)14/h2-7,9,15H,8H2,1H3/t9-/m0/s1. The summed E-state index contributed by atoms with van der Waals surface area (Å²) in [6.07, 6.45) is 0. The van der Waals surface area contributed by atoms with Crippen molar-refractivity contribution < 1.29 is 4.92 Å². The maximum Gasteiger partial charge on any atom is 0.270 e. The highest BCUT2D eigenvalue weighted by atomic mass is 35.5. The van der Waals surface area contributed by atoms with Crippen LogP contribution in [0, 0.1) is 10.1 Å². The molecule has 0 unspecified atom stereocenters. The molecule has 0 amide bonds. The lowest BCUT2D eigenvalue weighted by Crippen LogP contribution is -2.17. The lowest BCUT2D eigenvalue weighted by atomic mass is 10.2. The van der Waals surface area contributed by atoms with Crippen molar-refractivity contribution in [3.63, 3.8) is 0 Å². The number of halogens is 1. The Kier molecular flexibility index (Phi) is 4.52. The maximum absolute atomic E-state index is 10.6. The number of nitrogens with one attached hydrogen (secondary N) is 1. The van der Waals surface area contributed by atoms with Gasteiger partial charge in [-0.25, -0.2) is 0 Å². The number of nitro benzene ring substituents is 1. The van der Waals surface area contributed by atoms with Gasteiger partial charge in [-0.05, 0) is 30.0 Å². The zero-order chi connectivity index (χ0) is 13.8. The first-order chi connectivity index (χ1) is 9.08. The molecular formula is C13H13ClN2O2S. The Bertz CT molecular complexity index is 572. The van der Waals surface area contributed by atoms with Crippen LogP contribution in [-0.4, -0.2) is 4.92 Å². The molecule has 100 valence electrons. The normalized spacial score (nSPS) is 12.3. The lowest BCUT2D eigenvalue weighted by Gasteiger charge is -2.12. The van der Waals surface area contributed by atoms with Crippen LogP contribution in [0.1, 0.15) is 23.4 Å². The monoisotopic (exact) mass is 296 g/mol. The first-order valence-corrected chi connectivity index (χ1v) is 7.03.